The lowest BCUT2D eigenvalue weighted by molar-refractivity contribution is -0.211. The molecule has 0 fully saturated rings. The number of aliphatic hydroxyl groups excluding tert-OH is 1. The molecule has 0 aliphatic heterocycles. The number of rotatable bonds is 3. The van der Waals surface area contributed by atoms with Gasteiger partial charge in [0.1, 0.15) is 0 Å². The Kier molecular flexibility index (Phi) is 3.67. The van der Waals surface area contributed by atoms with Crippen LogP contribution in [0.1, 0.15) is 0 Å². The average molecular weight is 210 g/mol. The quantitative estimate of drug-likeness (QED) is 0.571. The van der Waals surface area contributed by atoms with Crippen LogP contribution in [-0.2, 0) is 9.09 Å². The number of alkyl halides is 3. The Balaban J connectivity index is 3.89. The molecule has 0 amide bonds. The summed E-state index contributed by atoms with van der Waals surface area (Å²) in [5.41, 5.74) is 0. The molecule has 3 N–H and O–H groups in total. The highest BCUT2D eigenvalue weighted by Crippen LogP contribution is 2.36. The molecule has 0 spiro atoms. The third-order valence-corrected chi connectivity index (χ3v) is 1.26. The largest absolute Gasteiger partial charge is 0.469 e. The fourth-order valence-electron chi connectivity index (χ4n) is 0.262. The second-order valence-electron chi connectivity index (χ2n) is 1.84. The standard InChI is InChI=1S/C3H6F3O5P/c4-3(5,6)2(7)1-11-12(8,9)10/h2,7H,1H2,(H2,8,9,10)/t2-/m1/s1. The maximum absolute atomic E-state index is 11.4. The first kappa shape index (κ1) is 11.9. The summed E-state index contributed by atoms with van der Waals surface area (Å²) in [6.07, 6.45) is -7.82. The van der Waals surface area contributed by atoms with E-state index in [-0.39, 0.29) is 0 Å². The Labute approximate surface area is 65.0 Å². The Hall–Kier alpha value is -0.140. The van der Waals surface area contributed by atoms with E-state index in [9.17, 15) is 17.7 Å². The van der Waals surface area contributed by atoms with Crippen LogP contribution >= 0.6 is 7.82 Å². The van der Waals surface area contributed by atoms with E-state index in [0.29, 0.717) is 0 Å². The van der Waals surface area contributed by atoms with Crippen LogP contribution in [0.3, 0.4) is 0 Å². The van der Waals surface area contributed by atoms with Gasteiger partial charge >= 0.3 is 14.0 Å². The number of hydrogen-bond acceptors (Lipinski definition) is 3. The predicted octanol–water partition coefficient (Wildman–Crippen LogP) is 0.0189. The Bertz CT molecular complexity index is 185. The van der Waals surface area contributed by atoms with Crippen LogP contribution in [0, 0.1) is 0 Å². The fourth-order valence-corrected chi connectivity index (χ4v) is 0.598. The first-order valence-electron chi connectivity index (χ1n) is 2.58. The average Bonchev–Trinajstić information content (AvgIpc) is 1.78. The van der Waals surface area contributed by atoms with Crippen molar-refractivity contribution < 1.29 is 37.2 Å². The minimum Gasteiger partial charge on any atom is -0.382 e. The predicted molar refractivity (Wildman–Crippen MR) is 30.1 cm³/mol. The van der Waals surface area contributed by atoms with Gasteiger partial charge in [-0.25, -0.2) is 4.57 Å². The van der Waals surface area contributed by atoms with Crippen molar-refractivity contribution >= 4 is 7.82 Å². The summed E-state index contributed by atoms with van der Waals surface area (Å²) in [5.74, 6) is 0. The summed E-state index contributed by atoms with van der Waals surface area (Å²) in [6.45, 7) is -1.48. The van der Waals surface area contributed by atoms with Gasteiger partial charge < -0.3 is 14.9 Å². The second-order valence-corrected chi connectivity index (χ2v) is 3.08. The minimum atomic E-state index is -4.95. The molecular formula is C3H6F3O5P. The molecule has 5 nitrogen and oxygen atoms in total. The van der Waals surface area contributed by atoms with E-state index in [1.165, 1.54) is 0 Å². The van der Waals surface area contributed by atoms with Crippen LogP contribution in [0.5, 0.6) is 0 Å². The van der Waals surface area contributed by atoms with Crippen molar-refractivity contribution in [2.45, 2.75) is 12.3 Å². The molecule has 0 rings (SSSR count). The van der Waals surface area contributed by atoms with Gasteiger partial charge in [0.05, 0.1) is 6.61 Å². The van der Waals surface area contributed by atoms with E-state index in [4.69, 9.17) is 14.9 Å². The molecule has 0 saturated carbocycles. The molecule has 12 heavy (non-hydrogen) atoms. The first-order chi connectivity index (χ1) is 5.13. The van der Waals surface area contributed by atoms with Gasteiger partial charge in [-0.05, 0) is 0 Å². The van der Waals surface area contributed by atoms with Gasteiger partial charge in [0.2, 0.25) is 0 Å². The number of aliphatic hydroxyl groups is 1. The van der Waals surface area contributed by atoms with E-state index >= 15 is 0 Å². The molecule has 0 aliphatic rings. The van der Waals surface area contributed by atoms with Crippen molar-refractivity contribution in [3.8, 4) is 0 Å². The van der Waals surface area contributed by atoms with Crippen LogP contribution in [0.4, 0.5) is 13.2 Å². The fraction of sp³-hybridized carbons (Fsp3) is 1.00. The molecule has 0 aliphatic carbocycles. The molecule has 9 heteroatoms. The van der Waals surface area contributed by atoms with Crippen molar-refractivity contribution in [2.24, 2.45) is 0 Å². The van der Waals surface area contributed by atoms with Gasteiger partial charge in [-0.15, -0.1) is 0 Å². The molecule has 0 bridgehead atoms. The highest BCUT2D eigenvalue weighted by atomic mass is 31.2. The van der Waals surface area contributed by atoms with Crippen molar-refractivity contribution in [1.82, 2.24) is 0 Å². The highest BCUT2D eigenvalue weighted by molar-refractivity contribution is 7.46. The number of phosphoric ester groups is 1. The third-order valence-electron chi connectivity index (χ3n) is 0.778. The first-order valence-corrected chi connectivity index (χ1v) is 4.11. The molecule has 0 unspecified atom stereocenters. The number of halogens is 3. The number of hydrogen-bond donors (Lipinski definition) is 3. The van der Waals surface area contributed by atoms with Gasteiger partial charge in [-0.2, -0.15) is 13.2 Å². The Morgan fingerprint density at radius 2 is 1.83 bits per heavy atom. The van der Waals surface area contributed by atoms with Gasteiger partial charge in [0, 0.05) is 0 Å². The van der Waals surface area contributed by atoms with Gasteiger partial charge in [-0.3, -0.25) is 4.52 Å². The van der Waals surface area contributed by atoms with Crippen molar-refractivity contribution in [1.29, 1.82) is 0 Å². The zero-order valence-electron chi connectivity index (χ0n) is 5.52. The molecule has 1 atom stereocenters. The van der Waals surface area contributed by atoms with E-state index in [0.717, 1.165) is 0 Å². The summed E-state index contributed by atoms with van der Waals surface area (Å²) in [5, 5.41) is 8.16. The monoisotopic (exact) mass is 210 g/mol. The second kappa shape index (κ2) is 3.71. The molecule has 0 heterocycles. The Morgan fingerprint density at radius 1 is 1.42 bits per heavy atom. The lowest BCUT2D eigenvalue weighted by Gasteiger charge is -2.14. The van der Waals surface area contributed by atoms with Gasteiger partial charge in [0.15, 0.2) is 6.10 Å². The maximum atomic E-state index is 11.4. The van der Waals surface area contributed by atoms with Gasteiger partial charge in [-0.1, -0.05) is 0 Å². The van der Waals surface area contributed by atoms with E-state index in [1.807, 2.05) is 0 Å². The van der Waals surface area contributed by atoms with Crippen LogP contribution in [0.15, 0.2) is 0 Å². The third kappa shape index (κ3) is 5.50. The molecule has 0 aromatic heterocycles. The van der Waals surface area contributed by atoms with E-state index < -0.39 is 26.7 Å². The molecule has 74 valence electrons. The summed E-state index contributed by atoms with van der Waals surface area (Å²) < 4.78 is 47.6. The highest BCUT2D eigenvalue weighted by Gasteiger charge is 2.39. The van der Waals surface area contributed by atoms with Crippen molar-refractivity contribution in [3.63, 3.8) is 0 Å². The topological polar surface area (TPSA) is 87.0 Å². The van der Waals surface area contributed by atoms with E-state index in [1.54, 1.807) is 0 Å². The molecule has 0 radical (unpaired) electrons. The van der Waals surface area contributed by atoms with Crippen molar-refractivity contribution in [2.75, 3.05) is 6.61 Å². The van der Waals surface area contributed by atoms with Crippen molar-refractivity contribution in [3.05, 3.63) is 0 Å². The van der Waals surface area contributed by atoms with Gasteiger partial charge in [0.25, 0.3) is 0 Å². The SMILES string of the molecule is O=P(O)(O)OC[C@@H](O)C(F)(F)F. The van der Waals surface area contributed by atoms with Crippen LogP contribution in [0.2, 0.25) is 0 Å². The van der Waals surface area contributed by atoms with Crippen LogP contribution in [-0.4, -0.2) is 33.8 Å². The molecular weight excluding hydrogens is 204 g/mol. The van der Waals surface area contributed by atoms with Crippen LogP contribution in [0.25, 0.3) is 0 Å². The lowest BCUT2D eigenvalue weighted by Crippen LogP contribution is -2.32. The smallest absolute Gasteiger partial charge is 0.382 e. The summed E-state index contributed by atoms with van der Waals surface area (Å²) >= 11 is 0. The Morgan fingerprint density at radius 3 is 2.08 bits per heavy atom. The maximum Gasteiger partial charge on any atom is 0.469 e. The van der Waals surface area contributed by atoms with Crippen LogP contribution < -0.4 is 0 Å². The summed E-state index contributed by atoms with van der Waals surface area (Å²) in [7, 11) is -4.95. The normalized spacial score (nSPS) is 16.2. The molecule has 0 saturated heterocycles. The zero-order chi connectivity index (χ0) is 9.99. The lowest BCUT2D eigenvalue weighted by atomic mass is 10.4. The minimum absolute atomic E-state index is 1.48. The molecule has 0 aromatic carbocycles. The molecule has 0 aromatic rings. The number of phosphoric acid groups is 1. The van der Waals surface area contributed by atoms with E-state index in [2.05, 4.69) is 4.52 Å². The zero-order valence-corrected chi connectivity index (χ0v) is 6.42. The summed E-state index contributed by atoms with van der Waals surface area (Å²) in [4.78, 5) is 15.9. The summed E-state index contributed by atoms with van der Waals surface area (Å²) in [6, 6.07) is 0.